The molecule has 0 N–H and O–H groups in total. The summed E-state index contributed by atoms with van der Waals surface area (Å²) in [6.07, 6.45) is 0. The van der Waals surface area contributed by atoms with E-state index in [1.54, 1.807) is 26.8 Å². The third-order valence-electron chi connectivity index (χ3n) is 3.52. The Morgan fingerprint density at radius 3 is 2.42 bits per heavy atom. The molecule has 0 amide bonds. The van der Waals surface area contributed by atoms with Crippen LogP contribution in [0.25, 0.3) is 0 Å². The maximum Gasteiger partial charge on any atom is 0.233 e. The zero-order valence-electron chi connectivity index (χ0n) is 14.6. The van der Waals surface area contributed by atoms with Gasteiger partial charge in [0.2, 0.25) is 15.7 Å². The number of ether oxygens (including phenoxy) is 1. The molecule has 130 valence electrons. The number of sulfone groups is 1. The summed E-state index contributed by atoms with van der Waals surface area (Å²) in [6, 6.07) is 5.42. The monoisotopic (exact) mass is 351 g/mol. The molecule has 0 saturated heterocycles. The van der Waals surface area contributed by atoms with Crippen LogP contribution >= 0.6 is 0 Å². The lowest BCUT2D eigenvalue weighted by molar-refractivity contribution is 0.253. The average molecular weight is 351 g/mol. The maximum absolute atomic E-state index is 13.6. The summed E-state index contributed by atoms with van der Waals surface area (Å²) in [7, 11) is -3.95. The fraction of sp³-hybridized carbons (Fsp3) is 0.389. The standard InChI is InChI=1S/C18H22FNO3S/c1-11(2)10-23-18-17(13(4)8-14(5)20-18)24(21,22)16-9-15(19)7-6-12(16)3/h6-9,11H,10H2,1-5H3. The summed E-state index contributed by atoms with van der Waals surface area (Å²) < 4.78 is 45.5. The molecule has 1 aromatic carbocycles. The molecule has 0 radical (unpaired) electrons. The lowest BCUT2D eigenvalue weighted by Crippen LogP contribution is -2.13. The van der Waals surface area contributed by atoms with Crippen LogP contribution in [0.3, 0.4) is 0 Å². The van der Waals surface area contributed by atoms with E-state index in [2.05, 4.69) is 4.98 Å². The van der Waals surface area contributed by atoms with E-state index in [-0.39, 0.29) is 21.6 Å². The molecule has 0 saturated carbocycles. The zero-order valence-corrected chi connectivity index (χ0v) is 15.4. The van der Waals surface area contributed by atoms with Crippen LogP contribution in [0.5, 0.6) is 5.88 Å². The Labute approximate surface area is 142 Å². The van der Waals surface area contributed by atoms with E-state index in [1.165, 1.54) is 12.1 Å². The van der Waals surface area contributed by atoms with Crippen LogP contribution in [0.1, 0.15) is 30.7 Å². The van der Waals surface area contributed by atoms with Crippen molar-refractivity contribution in [2.24, 2.45) is 5.92 Å². The third kappa shape index (κ3) is 3.75. The SMILES string of the molecule is Cc1cc(C)c(S(=O)(=O)c2cc(F)ccc2C)c(OCC(C)C)n1. The molecule has 0 aliphatic rings. The molecular weight excluding hydrogens is 329 g/mol. The van der Waals surface area contributed by atoms with Crippen LogP contribution in [0, 0.1) is 32.5 Å². The molecule has 0 bridgehead atoms. The van der Waals surface area contributed by atoms with Crippen LogP contribution in [0.15, 0.2) is 34.1 Å². The van der Waals surface area contributed by atoms with Crippen molar-refractivity contribution in [1.29, 1.82) is 0 Å². The average Bonchev–Trinajstić information content (AvgIpc) is 2.46. The van der Waals surface area contributed by atoms with Crippen LogP contribution in [-0.4, -0.2) is 20.0 Å². The fourth-order valence-electron chi connectivity index (χ4n) is 2.43. The molecule has 0 aliphatic carbocycles. The summed E-state index contributed by atoms with van der Waals surface area (Å²) in [5.41, 5.74) is 1.68. The van der Waals surface area contributed by atoms with Crippen LogP contribution in [-0.2, 0) is 9.84 Å². The largest absolute Gasteiger partial charge is 0.476 e. The van der Waals surface area contributed by atoms with Crippen LogP contribution in [0.2, 0.25) is 0 Å². The molecular formula is C18H22FNO3S. The van der Waals surface area contributed by atoms with Gasteiger partial charge in [0.05, 0.1) is 11.5 Å². The normalized spacial score (nSPS) is 11.8. The van der Waals surface area contributed by atoms with E-state index in [9.17, 15) is 12.8 Å². The summed E-state index contributed by atoms with van der Waals surface area (Å²) in [4.78, 5) is 4.19. The Morgan fingerprint density at radius 2 is 1.79 bits per heavy atom. The van der Waals surface area contributed by atoms with E-state index >= 15 is 0 Å². The Balaban J connectivity index is 2.67. The van der Waals surface area contributed by atoms with Gasteiger partial charge in [-0.05, 0) is 56.0 Å². The Morgan fingerprint density at radius 1 is 1.12 bits per heavy atom. The molecule has 24 heavy (non-hydrogen) atoms. The van der Waals surface area contributed by atoms with Crippen LogP contribution < -0.4 is 4.74 Å². The highest BCUT2D eigenvalue weighted by atomic mass is 32.2. The molecule has 2 aromatic rings. The minimum Gasteiger partial charge on any atom is -0.476 e. The minimum absolute atomic E-state index is 0.00227. The quantitative estimate of drug-likeness (QED) is 0.816. The predicted molar refractivity (Wildman–Crippen MR) is 90.6 cm³/mol. The van der Waals surface area contributed by atoms with Crippen molar-refractivity contribution in [2.75, 3.05) is 6.61 Å². The van der Waals surface area contributed by atoms with E-state index in [1.807, 2.05) is 13.8 Å². The zero-order chi connectivity index (χ0) is 18.1. The summed E-state index contributed by atoms with van der Waals surface area (Å²) in [5, 5.41) is 0. The number of hydrogen-bond acceptors (Lipinski definition) is 4. The lowest BCUT2D eigenvalue weighted by Gasteiger charge is -2.16. The first-order chi connectivity index (χ1) is 11.1. The minimum atomic E-state index is -3.95. The highest BCUT2D eigenvalue weighted by molar-refractivity contribution is 7.91. The van der Waals surface area contributed by atoms with Gasteiger partial charge in [0, 0.05) is 5.69 Å². The van der Waals surface area contributed by atoms with Gasteiger partial charge in [-0.15, -0.1) is 0 Å². The number of pyridine rings is 1. The van der Waals surface area contributed by atoms with Gasteiger partial charge >= 0.3 is 0 Å². The second-order valence-corrected chi connectivity index (χ2v) is 8.19. The Hall–Kier alpha value is -1.95. The predicted octanol–water partition coefficient (Wildman–Crippen LogP) is 4.01. The molecule has 0 atom stereocenters. The van der Waals surface area contributed by atoms with E-state index in [4.69, 9.17) is 4.74 Å². The van der Waals surface area contributed by atoms with Crippen molar-refractivity contribution in [3.8, 4) is 5.88 Å². The first-order valence-electron chi connectivity index (χ1n) is 7.75. The first-order valence-corrected chi connectivity index (χ1v) is 9.23. The Kier molecular flexibility index (Phi) is 5.28. The first kappa shape index (κ1) is 18.4. The number of rotatable bonds is 5. The number of aromatic nitrogens is 1. The third-order valence-corrected chi connectivity index (χ3v) is 5.57. The van der Waals surface area contributed by atoms with Crippen molar-refractivity contribution in [3.05, 3.63) is 46.9 Å². The van der Waals surface area contributed by atoms with Gasteiger partial charge in [-0.25, -0.2) is 17.8 Å². The van der Waals surface area contributed by atoms with Crippen molar-refractivity contribution in [2.45, 2.75) is 44.4 Å². The number of benzene rings is 1. The second-order valence-electron chi connectivity index (χ2n) is 6.33. The van der Waals surface area contributed by atoms with E-state index in [0.717, 1.165) is 6.07 Å². The number of aryl methyl sites for hydroxylation is 3. The molecule has 0 fully saturated rings. The summed E-state index contributed by atoms with van der Waals surface area (Å²) in [6.45, 7) is 9.39. The number of nitrogens with zero attached hydrogens (tertiary/aromatic N) is 1. The van der Waals surface area contributed by atoms with E-state index in [0.29, 0.717) is 23.4 Å². The van der Waals surface area contributed by atoms with Crippen molar-refractivity contribution in [3.63, 3.8) is 0 Å². The van der Waals surface area contributed by atoms with Gasteiger partial charge in [-0.1, -0.05) is 19.9 Å². The topological polar surface area (TPSA) is 56.3 Å². The molecule has 6 heteroatoms. The lowest BCUT2D eigenvalue weighted by atomic mass is 10.2. The Bertz CT molecular complexity index is 861. The van der Waals surface area contributed by atoms with E-state index < -0.39 is 15.7 Å². The van der Waals surface area contributed by atoms with Gasteiger partial charge in [-0.3, -0.25) is 0 Å². The number of halogens is 1. The highest BCUT2D eigenvalue weighted by Crippen LogP contribution is 2.33. The van der Waals surface area contributed by atoms with Crippen LogP contribution in [0.4, 0.5) is 4.39 Å². The number of hydrogen-bond donors (Lipinski definition) is 0. The molecule has 4 nitrogen and oxygen atoms in total. The van der Waals surface area contributed by atoms with Crippen molar-refractivity contribution < 1.29 is 17.5 Å². The van der Waals surface area contributed by atoms with Gasteiger partial charge in [0.1, 0.15) is 10.7 Å². The summed E-state index contributed by atoms with van der Waals surface area (Å²) >= 11 is 0. The molecule has 1 aromatic heterocycles. The van der Waals surface area contributed by atoms with Gasteiger partial charge in [0.15, 0.2) is 0 Å². The maximum atomic E-state index is 13.6. The molecule has 2 rings (SSSR count). The van der Waals surface area contributed by atoms with Gasteiger partial charge < -0.3 is 4.74 Å². The smallest absolute Gasteiger partial charge is 0.233 e. The second kappa shape index (κ2) is 6.89. The molecule has 0 aliphatic heterocycles. The highest BCUT2D eigenvalue weighted by Gasteiger charge is 2.28. The molecule has 0 unspecified atom stereocenters. The van der Waals surface area contributed by atoms with Gasteiger partial charge in [0.25, 0.3) is 0 Å². The van der Waals surface area contributed by atoms with Crippen molar-refractivity contribution >= 4 is 9.84 Å². The van der Waals surface area contributed by atoms with Crippen molar-refractivity contribution in [1.82, 2.24) is 4.98 Å². The molecule has 0 spiro atoms. The fourth-order valence-corrected chi connectivity index (χ4v) is 4.23. The molecule has 1 heterocycles. The summed E-state index contributed by atoms with van der Waals surface area (Å²) in [5.74, 6) is -0.300. The van der Waals surface area contributed by atoms with Gasteiger partial charge in [-0.2, -0.15) is 0 Å².